The van der Waals surface area contributed by atoms with Crippen LogP contribution in [0.1, 0.15) is 34.0 Å². The first-order valence-electron chi connectivity index (χ1n) is 9.95. The van der Waals surface area contributed by atoms with Crippen LogP contribution in [0.4, 0.5) is 0 Å². The summed E-state index contributed by atoms with van der Waals surface area (Å²) in [6.07, 6.45) is 0. The third-order valence-electron chi connectivity index (χ3n) is 5.19. The maximum Gasteiger partial charge on any atom is 0.194 e. The average Bonchev–Trinajstić information content (AvgIpc) is 2.74. The maximum atomic E-state index is 13.6. The van der Waals surface area contributed by atoms with Crippen molar-refractivity contribution in [1.82, 2.24) is 0 Å². The molecule has 0 bridgehead atoms. The molecular weight excluding hydrogens is 407 g/mol. The smallest absolute Gasteiger partial charge is 0.194 e. The largest absolute Gasteiger partial charge is 0.494 e. The standard InChI is InChI=1S/C27H24O2.V/c1-4-29-23-13-10-21(11-14-23)27(28)26-24(20-8-5-18(2)6-9-20)16-12-22-17-19(3)7-15-25(22)26;/h5-17H,4H2,1-3H3;. The molecule has 4 aromatic carbocycles. The van der Waals surface area contributed by atoms with Gasteiger partial charge < -0.3 is 4.74 Å². The Hall–Kier alpha value is -2.81. The second kappa shape index (κ2) is 9.34. The molecule has 0 aliphatic carbocycles. The normalized spacial score (nSPS) is 10.5. The number of carbonyl (C=O) groups is 1. The van der Waals surface area contributed by atoms with E-state index in [0.29, 0.717) is 12.2 Å². The summed E-state index contributed by atoms with van der Waals surface area (Å²) in [5.74, 6) is 0.800. The van der Waals surface area contributed by atoms with Gasteiger partial charge in [-0.3, -0.25) is 4.79 Å². The van der Waals surface area contributed by atoms with Crippen molar-refractivity contribution in [3.63, 3.8) is 0 Å². The third kappa shape index (κ3) is 4.35. The van der Waals surface area contributed by atoms with Gasteiger partial charge in [-0.1, -0.05) is 65.7 Å². The minimum atomic E-state index is 0. The van der Waals surface area contributed by atoms with Crippen LogP contribution in [0.3, 0.4) is 0 Å². The summed E-state index contributed by atoms with van der Waals surface area (Å²) >= 11 is 0. The fourth-order valence-electron chi connectivity index (χ4n) is 3.68. The first-order valence-corrected chi connectivity index (χ1v) is 9.95. The van der Waals surface area contributed by atoms with Gasteiger partial charge in [0.25, 0.3) is 0 Å². The van der Waals surface area contributed by atoms with Gasteiger partial charge >= 0.3 is 0 Å². The molecule has 2 nitrogen and oxygen atoms in total. The molecule has 0 spiro atoms. The Kier molecular flexibility index (Phi) is 6.82. The van der Waals surface area contributed by atoms with E-state index in [1.807, 2.05) is 31.2 Å². The molecule has 1 radical (unpaired) electrons. The van der Waals surface area contributed by atoms with Crippen molar-refractivity contribution >= 4 is 16.6 Å². The molecule has 0 N–H and O–H groups in total. The zero-order chi connectivity index (χ0) is 20.4. The Morgan fingerprint density at radius 2 is 1.47 bits per heavy atom. The van der Waals surface area contributed by atoms with Gasteiger partial charge in [-0.25, -0.2) is 0 Å². The van der Waals surface area contributed by atoms with Crippen molar-refractivity contribution < 1.29 is 28.1 Å². The number of hydrogen-bond acceptors (Lipinski definition) is 2. The Bertz CT molecular complexity index is 1180. The summed E-state index contributed by atoms with van der Waals surface area (Å²) in [4.78, 5) is 13.6. The van der Waals surface area contributed by atoms with Crippen LogP contribution in [-0.2, 0) is 18.6 Å². The molecule has 0 saturated carbocycles. The van der Waals surface area contributed by atoms with Crippen LogP contribution in [-0.4, -0.2) is 12.4 Å². The molecule has 0 unspecified atom stereocenters. The summed E-state index contributed by atoms with van der Waals surface area (Å²) in [5, 5.41) is 2.06. The minimum absolute atomic E-state index is 0. The van der Waals surface area contributed by atoms with Crippen LogP contribution in [0.5, 0.6) is 5.75 Å². The number of hydrogen-bond donors (Lipinski definition) is 0. The van der Waals surface area contributed by atoms with Crippen molar-refractivity contribution in [2.45, 2.75) is 20.8 Å². The van der Waals surface area contributed by atoms with Gasteiger partial charge in [-0.05, 0) is 66.9 Å². The minimum Gasteiger partial charge on any atom is -0.494 e. The molecular formula is C27H24O2V. The second-order valence-corrected chi connectivity index (χ2v) is 7.37. The number of ketones is 1. The van der Waals surface area contributed by atoms with Crippen molar-refractivity contribution in [2.75, 3.05) is 6.61 Å². The van der Waals surface area contributed by atoms with E-state index in [2.05, 4.69) is 68.4 Å². The monoisotopic (exact) mass is 431 g/mol. The van der Waals surface area contributed by atoms with Crippen molar-refractivity contribution in [3.05, 3.63) is 101 Å². The molecule has 0 atom stereocenters. The molecule has 0 heterocycles. The SMILES string of the molecule is CCOc1ccc(C(=O)c2c(-c3ccc(C)cc3)ccc3cc(C)ccc23)cc1.[V]. The van der Waals surface area contributed by atoms with Crippen LogP contribution >= 0.6 is 0 Å². The topological polar surface area (TPSA) is 26.3 Å². The van der Waals surface area contributed by atoms with Crippen LogP contribution in [0.15, 0.2) is 78.9 Å². The first kappa shape index (κ1) is 21.9. The predicted octanol–water partition coefficient (Wildman–Crippen LogP) is 6.75. The Balaban J connectivity index is 0.00000256. The van der Waals surface area contributed by atoms with Gasteiger partial charge in [0.05, 0.1) is 6.61 Å². The van der Waals surface area contributed by atoms with Gasteiger partial charge in [-0.2, -0.15) is 0 Å². The molecule has 30 heavy (non-hydrogen) atoms. The number of carbonyl (C=O) groups excluding carboxylic acids is 1. The van der Waals surface area contributed by atoms with E-state index in [4.69, 9.17) is 4.74 Å². The molecule has 0 fully saturated rings. The van der Waals surface area contributed by atoms with Gasteiger partial charge in [-0.15, -0.1) is 0 Å². The van der Waals surface area contributed by atoms with E-state index in [1.54, 1.807) is 0 Å². The number of benzene rings is 4. The number of aryl methyl sites for hydroxylation is 2. The Morgan fingerprint density at radius 1 is 0.800 bits per heavy atom. The van der Waals surface area contributed by atoms with Crippen molar-refractivity contribution in [1.29, 1.82) is 0 Å². The zero-order valence-corrected chi connectivity index (χ0v) is 18.9. The van der Waals surface area contributed by atoms with Crippen molar-refractivity contribution in [3.8, 4) is 16.9 Å². The molecule has 3 heteroatoms. The fraction of sp³-hybridized carbons (Fsp3) is 0.148. The summed E-state index contributed by atoms with van der Waals surface area (Å²) in [7, 11) is 0. The van der Waals surface area contributed by atoms with E-state index in [0.717, 1.165) is 33.2 Å². The quantitative estimate of drug-likeness (QED) is 0.327. The van der Waals surface area contributed by atoms with Crippen molar-refractivity contribution in [2.24, 2.45) is 0 Å². The Morgan fingerprint density at radius 3 is 2.13 bits per heavy atom. The number of ether oxygens (including phenoxy) is 1. The maximum absolute atomic E-state index is 13.6. The molecule has 0 aliphatic heterocycles. The molecule has 149 valence electrons. The van der Waals surface area contributed by atoms with E-state index in [9.17, 15) is 4.79 Å². The summed E-state index contributed by atoms with van der Waals surface area (Å²) in [6.45, 7) is 6.69. The fourth-order valence-corrected chi connectivity index (χ4v) is 3.68. The molecule has 0 aromatic heterocycles. The summed E-state index contributed by atoms with van der Waals surface area (Å²) in [6, 6.07) is 26.2. The van der Waals surface area contributed by atoms with E-state index >= 15 is 0 Å². The predicted molar refractivity (Wildman–Crippen MR) is 120 cm³/mol. The van der Waals surface area contributed by atoms with E-state index < -0.39 is 0 Å². The van der Waals surface area contributed by atoms with E-state index in [-0.39, 0.29) is 24.3 Å². The van der Waals surface area contributed by atoms with Gasteiger partial charge in [0, 0.05) is 29.7 Å². The van der Waals surface area contributed by atoms with Gasteiger partial charge in [0.1, 0.15) is 5.75 Å². The molecule has 4 aromatic rings. The molecule has 4 rings (SSSR count). The van der Waals surface area contributed by atoms with Crippen LogP contribution in [0.25, 0.3) is 21.9 Å². The van der Waals surface area contributed by atoms with Crippen LogP contribution < -0.4 is 4.74 Å². The average molecular weight is 431 g/mol. The number of rotatable bonds is 5. The number of fused-ring (bicyclic) bond motifs is 1. The van der Waals surface area contributed by atoms with Gasteiger partial charge in [0.2, 0.25) is 0 Å². The second-order valence-electron chi connectivity index (χ2n) is 7.37. The van der Waals surface area contributed by atoms with Crippen LogP contribution in [0.2, 0.25) is 0 Å². The van der Waals surface area contributed by atoms with Crippen LogP contribution in [0, 0.1) is 13.8 Å². The molecule has 0 aliphatic rings. The summed E-state index contributed by atoms with van der Waals surface area (Å²) < 4.78 is 5.52. The third-order valence-corrected chi connectivity index (χ3v) is 5.19. The molecule has 0 amide bonds. The Labute approximate surface area is 189 Å². The summed E-state index contributed by atoms with van der Waals surface area (Å²) in [5.41, 5.74) is 5.79. The molecule has 0 saturated heterocycles. The van der Waals surface area contributed by atoms with E-state index in [1.165, 1.54) is 11.1 Å². The zero-order valence-electron chi connectivity index (χ0n) is 17.5. The first-order chi connectivity index (χ1) is 14.1. The van der Waals surface area contributed by atoms with Gasteiger partial charge in [0.15, 0.2) is 5.78 Å².